The summed E-state index contributed by atoms with van der Waals surface area (Å²) in [5.41, 5.74) is 2.19. The smallest absolute Gasteiger partial charge is 0.226 e. The van der Waals surface area contributed by atoms with Crippen LogP contribution in [0.25, 0.3) is 0 Å². The fourth-order valence-electron chi connectivity index (χ4n) is 4.07. The molecule has 0 radical (unpaired) electrons. The number of hydrogen-bond acceptors (Lipinski definition) is 3. The van der Waals surface area contributed by atoms with Crippen molar-refractivity contribution in [2.75, 3.05) is 44.7 Å². The van der Waals surface area contributed by atoms with Gasteiger partial charge in [0.1, 0.15) is 0 Å². The highest BCUT2D eigenvalue weighted by Gasteiger charge is 2.19. The molecule has 1 aromatic carbocycles. The van der Waals surface area contributed by atoms with Crippen LogP contribution in [0.1, 0.15) is 51.0 Å². The molecule has 2 aliphatic rings. The molecule has 0 unspecified atom stereocenters. The third-order valence-electron chi connectivity index (χ3n) is 6.07. The number of rotatable bonds is 7. The Balaban J connectivity index is 1.36. The first-order valence-electron chi connectivity index (χ1n) is 11.2. The molecule has 1 amide bonds. The molecule has 160 valence electrons. The van der Waals surface area contributed by atoms with Crippen molar-refractivity contribution in [2.45, 2.75) is 52.0 Å². The van der Waals surface area contributed by atoms with Crippen molar-refractivity contribution in [3.63, 3.8) is 0 Å². The van der Waals surface area contributed by atoms with E-state index >= 15 is 0 Å². The second kappa shape index (κ2) is 11.2. The number of hydrogen-bond donors (Lipinski definition) is 2. The lowest BCUT2D eigenvalue weighted by Gasteiger charge is -2.30. The van der Waals surface area contributed by atoms with E-state index in [0.29, 0.717) is 6.42 Å². The van der Waals surface area contributed by atoms with E-state index in [4.69, 9.17) is 0 Å². The summed E-state index contributed by atoms with van der Waals surface area (Å²) >= 11 is 0. The molecule has 1 aromatic rings. The van der Waals surface area contributed by atoms with Crippen LogP contribution in [-0.2, 0) is 11.3 Å². The monoisotopic (exact) mass is 399 g/mol. The normalized spacial score (nSPS) is 19.4. The summed E-state index contributed by atoms with van der Waals surface area (Å²) in [5.74, 6) is 1.97. The van der Waals surface area contributed by atoms with E-state index in [0.717, 1.165) is 63.0 Å². The van der Waals surface area contributed by atoms with Gasteiger partial charge in [-0.3, -0.25) is 9.79 Å². The summed E-state index contributed by atoms with van der Waals surface area (Å²) < 4.78 is 0. The molecule has 3 rings (SSSR count). The van der Waals surface area contributed by atoms with Gasteiger partial charge in [0.2, 0.25) is 5.91 Å². The standard InChI is InChI=1S/C23H37N5O/c1-19-11-16-27(17-12-19)14-5-13-25-23(24-2)26-18-20-7-9-21(10-8-20)28-15-4-3-6-22(28)29/h7-10,19H,3-6,11-18H2,1-2H3,(H2,24,25,26). The van der Waals surface area contributed by atoms with Gasteiger partial charge in [-0.2, -0.15) is 0 Å². The zero-order chi connectivity index (χ0) is 20.5. The molecule has 2 aliphatic heterocycles. The number of aliphatic imine (C=N–C) groups is 1. The van der Waals surface area contributed by atoms with E-state index in [1.165, 1.54) is 31.5 Å². The van der Waals surface area contributed by atoms with E-state index in [1.54, 1.807) is 0 Å². The Labute approximate surface area is 175 Å². The van der Waals surface area contributed by atoms with Crippen LogP contribution < -0.4 is 15.5 Å². The predicted molar refractivity (Wildman–Crippen MR) is 120 cm³/mol. The minimum absolute atomic E-state index is 0.241. The lowest BCUT2D eigenvalue weighted by molar-refractivity contribution is -0.119. The molecule has 2 fully saturated rings. The SMILES string of the molecule is CN=C(NCCCN1CCC(C)CC1)NCc1ccc(N2CCCCC2=O)cc1. The van der Waals surface area contributed by atoms with Crippen molar-refractivity contribution < 1.29 is 4.79 Å². The number of nitrogens with zero attached hydrogens (tertiary/aromatic N) is 3. The molecule has 0 aromatic heterocycles. The molecular formula is C23H37N5O. The van der Waals surface area contributed by atoms with Crippen LogP contribution in [0.3, 0.4) is 0 Å². The third kappa shape index (κ3) is 6.74. The van der Waals surface area contributed by atoms with Crippen LogP contribution in [0.4, 0.5) is 5.69 Å². The number of piperidine rings is 2. The fourth-order valence-corrected chi connectivity index (χ4v) is 4.07. The summed E-state index contributed by atoms with van der Waals surface area (Å²) in [4.78, 5) is 20.9. The maximum atomic E-state index is 12.1. The molecule has 0 aliphatic carbocycles. The van der Waals surface area contributed by atoms with Gasteiger partial charge in [-0.05, 0) is 75.4 Å². The van der Waals surface area contributed by atoms with Crippen molar-refractivity contribution in [1.82, 2.24) is 15.5 Å². The molecule has 0 spiro atoms. The van der Waals surface area contributed by atoms with Gasteiger partial charge >= 0.3 is 0 Å². The molecule has 29 heavy (non-hydrogen) atoms. The van der Waals surface area contributed by atoms with Gasteiger partial charge in [0, 0.05) is 38.8 Å². The Morgan fingerprint density at radius 3 is 2.55 bits per heavy atom. The van der Waals surface area contributed by atoms with Gasteiger partial charge in [-0.25, -0.2) is 0 Å². The van der Waals surface area contributed by atoms with Crippen LogP contribution >= 0.6 is 0 Å². The van der Waals surface area contributed by atoms with Crippen molar-refractivity contribution >= 4 is 17.6 Å². The molecule has 0 saturated carbocycles. The molecule has 2 heterocycles. The largest absolute Gasteiger partial charge is 0.356 e. The Bertz CT molecular complexity index is 664. The number of carbonyl (C=O) groups is 1. The predicted octanol–water partition coefficient (Wildman–Crippen LogP) is 2.99. The van der Waals surface area contributed by atoms with Crippen LogP contribution in [0.2, 0.25) is 0 Å². The minimum Gasteiger partial charge on any atom is -0.356 e. The Kier molecular flexibility index (Phi) is 8.35. The van der Waals surface area contributed by atoms with Crippen LogP contribution in [-0.4, -0.2) is 56.5 Å². The second-order valence-corrected chi connectivity index (χ2v) is 8.40. The quantitative estimate of drug-likeness (QED) is 0.420. The number of carbonyl (C=O) groups excluding carboxylic acids is 1. The first-order chi connectivity index (χ1) is 14.2. The van der Waals surface area contributed by atoms with E-state index in [1.807, 2.05) is 11.9 Å². The summed E-state index contributed by atoms with van der Waals surface area (Å²) in [6, 6.07) is 8.29. The van der Waals surface area contributed by atoms with Crippen molar-refractivity contribution in [3.05, 3.63) is 29.8 Å². The van der Waals surface area contributed by atoms with Gasteiger partial charge in [-0.15, -0.1) is 0 Å². The summed E-state index contributed by atoms with van der Waals surface area (Å²) in [5, 5.41) is 6.80. The van der Waals surface area contributed by atoms with Crippen molar-refractivity contribution in [1.29, 1.82) is 0 Å². The average molecular weight is 400 g/mol. The number of likely N-dealkylation sites (tertiary alicyclic amines) is 1. The van der Waals surface area contributed by atoms with Gasteiger partial charge in [0.25, 0.3) is 0 Å². The second-order valence-electron chi connectivity index (χ2n) is 8.40. The lowest BCUT2D eigenvalue weighted by atomic mass is 9.99. The van der Waals surface area contributed by atoms with Crippen LogP contribution in [0.15, 0.2) is 29.3 Å². The summed E-state index contributed by atoms with van der Waals surface area (Å²) in [7, 11) is 1.81. The van der Waals surface area contributed by atoms with Crippen molar-refractivity contribution in [2.24, 2.45) is 10.9 Å². The Morgan fingerprint density at radius 2 is 1.86 bits per heavy atom. The van der Waals surface area contributed by atoms with Crippen LogP contribution in [0, 0.1) is 5.92 Å². The minimum atomic E-state index is 0.241. The first kappa shape index (κ1) is 21.6. The molecule has 0 bridgehead atoms. The van der Waals surface area contributed by atoms with E-state index < -0.39 is 0 Å². The topological polar surface area (TPSA) is 60.0 Å². The van der Waals surface area contributed by atoms with E-state index in [-0.39, 0.29) is 5.91 Å². The highest BCUT2D eigenvalue weighted by atomic mass is 16.2. The van der Waals surface area contributed by atoms with Crippen LogP contribution in [0.5, 0.6) is 0 Å². The molecule has 2 saturated heterocycles. The molecule has 6 heteroatoms. The maximum Gasteiger partial charge on any atom is 0.226 e. The lowest BCUT2D eigenvalue weighted by Crippen LogP contribution is -2.39. The summed E-state index contributed by atoms with van der Waals surface area (Å²) in [6.07, 6.45) is 6.58. The molecular weight excluding hydrogens is 362 g/mol. The highest BCUT2D eigenvalue weighted by Crippen LogP contribution is 2.21. The van der Waals surface area contributed by atoms with Gasteiger partial charge in [-0.1, -0.05) is 19.1 Å². The number of guanidine groups is 1. The maximum absolute atomic E-state index is 12.1. The van der Waals surface area contributed by atoms with Gasteiger partial charge < -0.3 is 20.4 Å². The molecule has 2 N–H and O–H groups in total. The van der Waals surface area contributed by atoms with Gasteiger partial charge in [0.15, 0.2) is 5.96 Å². The number of nitrogens with one attached hydrogen (secondary N) is 2. The zero-order valence-corrected chi connectivity index (χ0v) is 18.1. The fraction of sp³-hybridized carbons (Fsp3) is 0.652. The Hall–Kier alpha value is -2.08. The number of amides is 1. The van der Waals surface area contributed by atoms with Crippen molar-refractivity contribution in [3.8, 4) is 0 Å². The number of benzene rings is 1. The van der Waals surface area contributed by atoms with E-state index in [2.05, 4.69) is 51.7 Å². The average Bonchev–Trinajstić information content (AvgIpc) is 2.75. The zero-order valence-electron chi connectivity index (χ0n) is 18.1. The Morgan fingerprint density at radius 1 is 1.10 bits per heavy atom. The number of anilines is 1. The highest BCUT2D eigenvalue weighted by molar-refractivity contribution is 5.93. The summed E-state index contributed by atoms with van der Waals surface area (Å²) in [6.45, 7) is 8.49. The van der Waals surface area contributed by atoms with Gasteiger partial charge in [0.05, 0.1) is 0 Å². The molecule has 6 nitrogen and oxygen atoms in total. The first-order valence-corrected chi connectivity index (χ1v) is 11.2. The third-order valence-corrected chi connectivity index (χ3v) is 6.07. The molecule has 0 atom stereocenters. The van der Waals surface area contributed by atoms with E-state index in [9.17, 15) is 4.79 Å².